The molecule has 152 valence electrons. The lowest BCUT2D eigenvalue weighted by Gasteiger charge is -2.12. The van der Waals surface area contributed by atoms with Crippen molar-refractivity contribution in [2.24, 2.45) is 7.05 Å². The smallest absolute Gasteiger partial charge is 0.312 e. The topological polar surface area (TPSA) is 98.6 Å². The third-order valence-electron chi connectivity index (χ3n) is 4.42. The average Bonchev–Trinajstić information content (AvgIpc) is 2.70. The number of benzene rings is 2. The van der Waals surface area contributed by atoms with Crippen molar-refractivity contribution in [3.63, 3.8) is 0 Å². The van der Waals surface area contributed by atoms with E-state index in [9.17, 15) is 18.0 Å². The van der Waals surface area contributed by atoms with Gasteiger partial charge in [-0.15, -0.1) is 0 Å². The summed E-state index contributed by atoms with van der Waals surface area (Å²) in [6, 6.07) is 13.2. The third-order valence-corrected chi connectivity index (χ3v) is 6.23. The summed E-state index contributed by atoms with van der Waals surface area (Å²) in [5.41, 5.74) is 0.757. The molecule has 0 saturated carbocycles. The predicted molar refractivity (Wildman–Crippen MR) is 108 cm³/mol. The fraction of sp³-hybridized carbons (Fsp3) is 0.250. The Kier molecular flexibility index (Phi) is 5.81. The van der Waals surface area contributed by atoms with E-state index in [1.807, 2.05) is 0 Å². The maximum absolute atomic E-state index is 12.3. The normalized spacial score (nSPS) is 11.7. The average molecular weight is 415 g/mol. The number of hydrogen-bond acceptors (Lipinski definition) is 6. The Morgan fingerprint density at radius 2 is 1.79 bits per heavy atom. The molecule has 8 nitrogen and oxygen atoms in total. The Bertz CT molecular complexity index is 1230. The van der Waals surface area contributed by atoms with Gasteiger partial charge in [-0.1, -0.05) is 30.3 Å². The minimum absolute atomic E-state index is 0.0701. The molecular formula is C20H21N3O5S. The van der Waals surface area contributed by atoms with Gasteiger partial charge in [0.25, 0.3) is 5.56 Å². The van der Waals surface area contributed by atoms with Crippen LogP contribution in [0.2, 0.25) is 0 Å². The zero-order valence-electron chi connectivity index (χ0n) is 16.3. The highest BCUT2D eigenvalue weighted by Crippen LogP contribution is 2.17. The minimum Gasteiger partial charge on any atom is -0.461 e. The molecule has 0 spiro atoms. The van der Waals surface area contributed by atoms with Crippen LogP contribution in [0.25, 0.3) is 10.8 Å². The van der Waals surface area contributed by atoms with Gasteiger partial charge in [0.1, 0.15) is 6.61 Å². The van der Waals surface area contributed by atoms with Gasteiger partial charge in [0.2, 0.25) is 10.0 Å². The molecule has 0 fully saturated rings. The number of aromatic nitrogens is 2. The largest absolute Gasteiger partial charge is 0.461 e. The Hall–Kier alpha value is -3.04. The number of sulfonamides is 1. The molecule has 1 heterocycles. The van der Waals surface area contributed by atoms with E-state index in [0.29, 0.717) is 22.0 Å². The predicted octanol–water partition coefficient (Wildman–Crippen LogP) is 1.47. The molecule has 0 amide bonds. The van der Waals surface area contributed by atoms with Crippen LogP contribution in [-0.4, -0.2) is 42.6 Å². The number of carbonyl (C=O) groups excluding carboxylic acids is 1. The first-order valence-electron chi connectivity index (χ1n) is 8.82. The molecule has 3 aromatic rings. The van der Waals surface area contributed by atoms with Crippen molar-refractivity contribution in [3.05, 3.63) is 70.1 Å². The van der Waals surface area contributed by atoms with E-state index < -0.39 is 16.0 Å². The molecule has 2 aromatic carbocycles. The van der Waals surface area contributed by atoms with E-state index in [0.717, 1.165) is 4.31 Å². The van der Waals surface area contributed by atoms with Crippen LogP contribution in [0.15, 0.2) is 58.2 Å². The van der Waals surface area contributed by atoms with E-state index in [1.165, 1.54) is 38.0 Å². The van der Waals surface area contributed by atoms with Crippen molar-refractivity contribution in [1.82, 2.24) is 14.1 Å². The monoisotopic (exact) mass is 415 g/mol. The molecule has 0 N–H and O–H groups in total. The van der Waals surface area contributed by atoms with E-state index in [-0.39, 0.29) is 23.5 Å². The van der Waals surface area contributed by atoms with Crippen molar-refractivity contribution in [2.75, 3.05) is 14.1 Å². The van der Waals surface area contributed by atoms with Crippen molar-refractivity contribution in [1.29, 1.82) is 0 Å². The number of nitrogens with zero attached hydrogens (tertiary/aromatic N) is 3. The van der Waals surface area contributed by atoms with Crippen LogP contribution < -0.4 is 5.56 Å². The Morgan fingerprint density at radius 3 is 2.48 bits per heavy atom. The molecule has 0 unspecified atom stereocenters. The summed E-state index contributed by atoms with van der Waals surface area (Å²) < 4.78 is 32.1. The summed E-state index contributed by atoms with van der Waals surface area (Å²) >= 11 is 0. The first-order chi connectivity index (χ1) is 13.7. The standard InChI is InChI=1S/C20H21N3O5S/c1-22(2)29(26,27)15-8-6-7-14(11-15)13-28-19(24)12-18-16-9-4-5-10-17(16)20(25)23(3)21-18/h4-11H,12-13H2,1-3H3. The first kappa shape index (κ1) is 20.7. The van der Waals surface area contributed by atoms with Crippen LogP contribution in [0.1, 0.15) is 11.3 Å². The lowest BCUT2D eigenvalue weighted by Crippen LogP contribution is -2.23. The summed E-state index contributed by atoms with van der Waals surface area (Å²) in [7, 11) is 0.861. The van der Waals surface area contributed by atoms with Gasteiger partial charge >= 0.3 is 5.97 Å². The van der Waals surface area contributed by atoms with Crippen LogP contribution in [0.3, 0.4) is 0 Å². The number of rotatable bonds is 6. The summed E-state index contributed by atoms with van der Waals surface area (Å²) in [5.74, 6) is -0.526. The summed E-state index contributed by atoms with van der Waals surface area (Å²) in [6.07, 6.45) is -0.107. The summed E-state index contributed by atoms with van der Waals surface area (Å²) in [6.45, 7) is -0.0701. The van der Waals surface area contributed by atoms with Gasteiger partial charge in [0, 0.05) is 26.5 Å². The second-order valence-electron chi connectivity index (χ2n) is 6.69. The van der Waals surface area contributed by atoms with E-state index in [2.05, 4.69) is 5.10 Å². The number of fused-ring (bicyclic) bond motifs is 1. The maximum Gasteiger partial charge on any atom is 0.312 e. The second kappa shape index (κ2) is 8.14. The number of esters is 1. The first-order valence-corrected chi connectivity index (χ1v) is 10.3. The molecular weight excluding hydrogens is 394 g/mol. The number of ether oxygens (including phenoxy) is 1. The van der Waals surface area contributed by atoms with Crippen LogP contribution in [0.5, 0.6) is 0 Å². The van der Waals surface area contributed by atoms with Gasteiger partial charge in [-0.05, 0) is 23.8 Å². The van der Waals surface area contributed by atoms with Crippen molar-refractivity contribution in [3.8, 4) is 0 Å². The van der Waals surface area contributed by atoms with Gasteiger partial charge in [0.15, 0.2) is 0 Å². The molecule has 0 aliphatic rings. The van der Waals surface area contributed by atoms with Gasteiger partial charge in [-0.25, -0.2) is 17.4 Å². The van der Waals surface area contributed by atoms with Crippen molar-refractivity contribution in [2.45, 2.75) is 17.9 Å². The van der Waals surface area contributed by atoms with E-state index in [4.69, 9.17) is 4.74 Å². The fourth-order valence-electron chi connectivity index (χ4n) is 2.86. The molecule has 0 aliphatic carbocycles. The maximum atomic E-state index is 12.3. The minimum atomic E-state index is -3.57. The van der Waals surface area contributed by atoms with Crippen LogP contribution in [-0.2, 0) is 39.6 Å². The quantitative estimate of drug-likeness (QED) is 0.566. The second-order valence-corrected chi connectivity index (χ2v) is 8.85. The van der Waals surface area contributed by atoms with E-state index in [1.54, 1.807) is 36.4 Å². The highest BCUT2D eigenvalue weighted by atomic mass is 32.2. The van der Waals surface area contributed by atoms with E-state index >= 15 is 0 Å². The van der Waals surface area contributed by atoms with Gasteiger partial charge in [0.05, 0.1) is 22.4 Å². The molecule has 0 radical (unpaired) electrons. The van der Waals surface area contributed by atoms with Crippen molar-refractivity contribution >= 4 is 26.8 Å². The molecule has 1 aromatic heterocycles. The highest BCUT2D eigenvalue weighted by Gasteiger charge is 2.18. The van der Waals surface area contributed by atoms with Crippen LogP contribution in [0.4, 0.5) is 0 Å². The van der Waals surface area contributed by atoms with Crippen molar-refractivity contribution < 1.29 is 17.9 Å². The van der Waals surface area contributed by atoms with Crippen LogP contribution >= 0.6 is 0 Å². The Morgan fingerprint density at radius 1 is 1.10 bits per heavy atom. The summed E-state index contributed by atoms with van der Waals surface area (Å²) in [5, 5.41) is 5.26. The third kappa shape index (κ3) is 4.36. The molecule has 0 saturated heterocycles. The number of aryl methyl sites for hydroxylation is 1. The lowest BCUT2D eigenvalue weighted by molar-refractivity contribution is -0.144. The number of carbonyl (C=O) groups is 1. The van der Waals surface area contributed by atoms with Gasteiger partial charge in [-0.2, -0.15) is 5.10 Å². The van der Waals surface area contributed by atoms with Crippen LogP contribution in [0, 0.1) is 0 Å². The fourth-order valence-corrected chi connectivity index (χ4v) is 3.84. The Labute approximate surface area is 168 Å². The SMILES string of the molecule is CN(C)S(=O)(=O)c1cccc(COC(=O)Cc2nn(C)c(=O)c3ccccc23)c1. The highest BCUT2D eigenvalue weighted by molar-refractivity contribution is 7.89. The molecule has 0 atom stereocenters. The number of hydrogen-bond donors (Lipinski definition) is 0. The lowest BCUT2D eigenvalue weighted by atomic mass is 10.1. The Balaban J connectivity index is 1.76. The zero-order valence-corrected chi connectivity index (χ0v) is 17.1. The van der Waals surface area contributed by atoms with Gasteiger partial charge < -0.3 is 4.74 Å². The summed E-state index contributed by atoms with van der Waals surface area (Å²) in [4.78, 5) is 24.6. The molecule has 9 heteroatoms. The van der Waals surface area contributed by atoms with Gasteiger partial charge in [-0.3, -0.25) is 9.59 Å². The molecule has 29 heavy (non-hydrogen) atoms. The molecule has 0 bridgehead atoms. The molecule has 3 rings (SSSR count). The zero-order chi connectivity index (χ0) is 21.2. The molecule has 0 aliphatic heterocycles.